The van der Waals surface area contributed by atoms with Crippen molar-refractivity contribution in [2.45, 2.75) is 26.3 Å². The van der Waals surface area contributed by atoms with Gasteiger partial charge in [-0.2, -0.15) is 0 Å². The van der Waals surface area contributed by atoms with Crippen LogP contribution in [-0.4, -0.2) is 37.1 Å². The average Bonchev–Trinajstić information content (AvgIpc) is 2.72. The van der Waals surface area contributed by atoms with Gasteiger partial charge in [0.2, 0.25) is 0 Å². The number of hydrogen-bond donors (Lipinski definition) is 1. The van der Waals surface area contributed by atoms with Crippen molar-refractivity contribution in [3.05, 3.63) is 0 Å². The van der Waals surface area contributed by atoms with Crippen LogP contribution in [0.25, 0.3) is 0 Å². The average molecular weight is 194 g/mol. The maximum Gasteiger partial charge on any atom is 0.0126 e. The summed E-state index contributed by atoms with van der Waals surface area (Å²) in [5.41, 5.74) is 0. The predicted octanol–water partition coefficient (Wildman–Crippen LogP) is 1.18. The molecule has 0 spiro atoms. The predicted molar refractivity (Wildman–Crippen MR) is 58.2 cm³/mol. The van der Waals surface area contributed by atoms with E-state index in [-0.39, 0.29) is 0 Å². The molecule has 1 N–H and O–H groups in total. The van der Waals surface area contributed by atoms with Gasteiger partial charge in [-0.05, 0) is 43.2 Å². The van der Waals surface area contributed by atoms with Gasteiger partial charge in [0.1, 0.15) is 0 Å². The minimum absolute atomic E-state index is 0.926. The van der Waals surface area contributed by atoms with E-state index in [1.165, 1.54) is 32.6 Å². The minimum Gasteiger partial charge on any atom is -0.316 e. The standard InChI is InChI=1S/C12H22N2/c1-8-3-12(9(8)2)14-6-10-4-13-5-11(10)7-14/h8-13H,3-7H2,1-2H3/t8?,9?,10-,11+,12?. The molecule has 3 rings (SSSR count). The molecule has 80 valence electrons. The summed E-state index contributed by atoms with van der Waals surface area (Å²) in [6, 6.07) is 0.926. The smallest absolute Gasteiger partial charge is 0.0126 e. The molecule has 0 aromatic carbocycles. The lowest BCUT2D eigenvalue weighted by molar-refractivity contribution is 0.0339. The highest BCUT2D eigenvalue weighted by Crippen LogP contribution is 2.41. The first-order valence-corrected chi connectivity index (χ1v) is 6.20. The summed E-state index contributed by atoms with van der Waals surface area (Å²) in [7, 11) is 0. The third-order valence-electron chi connectivity index (χ3n) is 5.00. The lowest BCUT2D eigenvalue weighted by Gasteiger charge is -2.46. The molecule has 5 atom stereocenters. The van der Waals surface area contributed by atoms with Crippen molar-refractivity contribution in [2.75, 3.05) is 26.2 Å². The summed E-state index contributed by atoms with van der Waals surface area (Å²) in [6.07, 6.45) is 1.45. The van der Waals surface area contributed by atoms with Crippen molar-refractivity contribution in [2.24, 2.45) is 23.7 Å². The molecule has 0 aromatic rings. The van der Waals surface area contributed by atoms with Crippen LogP contribution in [0.2, 0.25) is 0 Å². The van der Waals surface area contributed by atoms with E-state index < -0.39 is 0 Å². The number of nitrogens with zero attached hydrogens (tertiary/aromatic N) is 1. The summed E-state index contributed by atoms with van der Waals surface area (Å²) in [5, 5.41) is 3.51. The van der Waals surface area contributed by atoms with Crippen LogP contribution in [0.15, 0.2) is 0 Å². The molecule has 2 heterocycles. The second kappa shape index (κ2) is 3.21. The minimum atomic E-state index is 0.926. The largest absolute Gasteiger partial charge is 0.316 e. The van der Waals surface area contributed by atoms with Gasteiger partial charge < -0.3 is 5.32 Å². The summed E-state index contributed by atoms with van der Waals surface area (Å²) in [5.74, 6) is 3.86. The second-order valence-corrected chi connectivity index (χ2v) is 5.77. The molecule has 0 bridgehead atoms. The van der Waals surface area contributed by atoms with E-state index >= 15 is 0 Å². The quantitative estimate of drug-likeness (QED) is 0.674. The second-order valence-electron chi connectivity index (χ2n) is 5.77. The van der Waals surface area contributed by atoms with E-state index in [1.54, 1.807) is 0 Å². The molecule has 1 aliphatic carbocycles. The van der Waals surface area contributed by atoms with E-state index in [0.29, 0.717) is 0 Å². The number of likely N-dealkylation sites (tertiary alicyclic amines) is 1. The van der Waals surface area contributed by atoms with Crippen LogP contribution in [0.4, 0.5) is 0 Å². The number of fused-ring (bicyclic) bond motifs is 1. The Balaban J connectivity index is 1.61. The Bertz CT molecular complexity index is 216. The molecule has 2 heteroatoms. The van der Waals surface area contributed by atoms with E-state index in [2.05, 4.69) is 24.1 Å². The molecule has 2 aliphatic heterocycles. The Hall–Kier alpha value is -0.0800. The van der Waals surface area contributed by atoms with Crippen LogP contribution >= 0.6 is 0 Å². The fourth-order valence-electron chi connectivity index (χ4n) is 3.64. The molecule has 3 aliphatic rings. The SMILES string of the molecule is CC1CC(N2C[C@H]3CNC[C@H]3C2)C1C. The first-order valence-electron chi connectivity index (χ1n) is 6.20. The van der Waals surface area contributed by atoms with Crippen LogP contribution < -0.4 is 5.32 Å². The molecule has 3 unspecified atom stereocenters. The molecule has 0 aromatic heterocycles. The van der Waals surface area contributed by atoms with Gasteiger partial charge in [-0.15, -0.1) is 0 Å². The highest BCUT2D eigenvalue weighted by Gasteiger charge is 2.44. The van der Waals surface area contributed by atoms with Gasteiger partial charge >= 0.3 is 0 Å². The molecule has 0 amide bonds. The van der Waals surface area contributed by atoms with Crippen molar-refractivity contribution < 1.29 is 0 Å². The van der Waals surface area contributed by atoms with Crippen LogP contribution in [0.3, 0.4) is 0 Å². The fraction of sp³-hybridized carbons (Fsp3) is 1.00. The summed E-state index contributed by atoms with van der Waals surface area (Å²) < 4.78 is 0. The molecule has 1 saturated carbocycles. The number of hydrogen-bond acceptors (Lipinski definition) is 2. The Morgan fingerprint density at radius 2 is 1.71 bits per heavy atom. The Kier molecular flexibility index (Phi) is 2.10. The third-order valence-corrected chi connectivity index (χ3v) is 5.00. The zero-order valence-corrected chi connectivity index (χ0v) is 9.37. The van der Waals surface area contributed by atoms with Crippen molar-refractivity contribution in [3.8, 4) is 0 Å². The van der Waals surface area contributed by atoms with Gasteiger partial charge in [-0.25, -0.2) is 0 Å². The van der Waals surface area contributed by atoms with E-state index in [9.17, 15) is 0 Å². The Morgan fingerprint density at radius 1 is 1.07 bits per heavy atom. The zero-order chi connectivity index (χ0) is 9.71. The molecule has 3 fully saturated rings. The van der Waals surface area contributed by atoms with Crippen LogP contribution in [-0.2, 0) is 0 Å². The third kappa shape index (κ3) is 1.24. The number of nitrogens with one attached hydrogen (secondary N) is 1. The van der Waals surface area contributed by atoms with Crippen molar-refractivity contribution in [3.63, 3.8) is 0 Å². The lowest BCUT2D eigenvalue weighted by atomic mass is 9.71. The normalized spacial score (nSPS) is 53.1. The lowest BCUT2D eigenvalue weighted by Crippen LogP contribution is -2.50. The highest BCUT2D eigenvalue weighted by atomic mass is 15.2. The fourth-order valence-corrected chi connectivity index (χ4v) is 3.64. The van der Waals surface area contributed by atoms with Gasteiger partial charge in [-0.1, -0.05) is 13.8 Å². The first kappa shape index (κ1) is 9.17. The van der Waals surface area contributed by atoms with Crippen molar-refractivity contribution >= 4 is 0 Å². The first-order chi connectivity index (χ1) is 6.75. The van der Waals surface area contributed by atoms with E-state index in [0.717, 1.165) is 29.7 Å². The molecular formula is C12H22N2. The van der Waals surface area contributed by atoms with E-state index in [1.807, 2.05) is 0 Å². The van der Waals surface area contributed by atoms with Crippen molar-refractivity contribution in [1.82, 2.24) is 10.2 Å². The van der Waals surface area contributed by atoms with Gasteiger partial charge in [0.25, 0.3) is 0 Å². The van der Waals surface area contributed by atoms with Gasteiger partial charge in [0, 0.05) is 19.1 Å². The molecule has 2 saturated heterocycles. The summed E-state index contributed by atoms with van der Waals surface area (Å²) in [6.45, 7) is 10.1. The molecule has 14 heavy (non-hydrogen) atoms. The van der Waals surface area contributed by atoms with Gasteiger partial charge in [0.15, 0.2) is 0 Å². The maximum absolute atomic E-state index is 3.51. The monoisotopic (exact) mass is 194 g/mol. The van der Waals surface area contributed by atoms with Gasteiger partial charge in [0.05, 0.1) is 0 Å². The Morgan fingerprint density at radius 3 is 2.21 bits per heavy atom. The summed E-state index contributed by atoms with van der Waals surface area (Å²) in [4.78, 5) is 2.78. The van der Waals surface area contributed by atoms with Crippen LogP contribution in [0.5, 0.6) is 0 Å². The molecular weight excluding hydrogens is 172 g/mol. The topological polar surface area (TPSA) is 15.3 Å². The molecule has 2 nitrogen and oxygen atoms in total. The molecule has 0 radical (unpaired) electrons. The highest BCUT2D eigenvalue weighted by molar-refractivity contribution is 4.98. The van der Waals surface area contributed by atoms with Crippen molar-refractivity contribution in [1.29, 1.82) is 0 Å². The van der Waals surface area contributed by atoms with Gasteiger partial charge in [-0.3, -0.25) is 4.90 Å². The maximum atomic E-state index is 3.51. The Labute approximate surface area is 87.0 Å². The summed E-state index contributed by atoms with van der Waals surface area (Å²) >= 11 is 0. The van der Waals surface area contributed by atoms with E-state index in [4.69, 9.17) is 0 Å². The van der Waals surface area contributed by atoms with Crippen LogP contribution in [0.1, 0.15) is 20.3 Å². The zero-order valence-electron chi connectivity index (χ0n) is 9.37. The van der Waals surface area contributed by atoms with Crippen LogP contribution in [0, 0.1) is 23.7 Å². The number of rotatable bonds is 1.